The molecule has 3 rings (SSSR count). The van der Waals surface area contributed by atoms with E-state index < -0.39 is 0 Å². The number of rotatable bonds is 2. The van der Waals surface area contributed by atoms with Crippen LogP contribution in [0.4, 0.5) is 5.69 Å². The third-order valence-electron chi connectivity index (χ3n) is 3.76. The lowest BCUT2D eigenvalue weighted by Gasteiger charge is -2.29. The molecular formula is C13H17N5OS. The van der Waals surface area contributed by atoms with Gasteiger partial charge in [0.05, 0.1) is 11.9 Å². The largest absolute Gasteiger partial charge is 0.397 e. The lowest BCUT2D eigenvalue weighted by atomic mass is 9.91. The lowest BCUT2D eigenvalue weighted by Crippen LogP contribution is -2.49. The Balaban J connectivity index is 1.83. The van der Waals surface area contributed by atoms with E-state index in [1.165, 1.54) is 11.3 Å². The Morgan fingerprint density at radius 1 is 1.40 bits per heavy atom. The van der Waals surface area contributed by atoms with Crippen LogP contribution in [0.15, 0.2) is 12.3 Å². The predicted octanol–water partition coefficient (Wildman–Crippen LogP) is 1.27. The number of carbonyl (C=O) groups is 1. The number of amides is 1. The number of fused-ring (bicyclic) bond motifs is 1. The molecule has 0 bridgehead atoms. The highest BCUT2D eigenvalue weighted by Crippen LogP contribution is 2.31. The molecule has 1 aliphatic carbocycles. The summed E-state index contributed by atoms with van der Waals surface area (Å²) in [5, 5.41) is 11.6. The SMILES string of the molecule is Nc1c(C(=O)NC2CCCCC2N)sc2nnccc12. The molecule has 6 nitrogen and oxygen atoms in total. The molecule has 7 heteroatoms. The molecule has 2 atom stereocenters. The van der Waals surface area contributed by atoms with Crippen LogP contribution in [0.3, 0.4) is 0 Å². The van der Waals surface area contributed by atoms with Gasteiger partial charge in [-0.3, -0.25) is 4.79 Å². The third kappa shape index (κ3) is 2.34. The molecule has 1 amide bonds. The highest BCUT2D eigenvalue weighted by molar-refractivity contribution is 7.21. The first-order chi connectivity index (χ1) is 9.66. The number of carbonyl (C=O) groups excluding carboxylic acids is 1. The van der Waals surface area contributed by atoms with Crippen molar-refractivity contribution in [1.82, 2.24) is 15.5 Å². The maximum Gasteiger partial charge on any atom is 0.263 e. The Labute approximate surface area is 120 Å². The Bertz CT molecular complexity index is 641. The van der Waals surface area contributed by atoms with E-state index in [9.17, 15) is 4.79 Å². The van der Waals surface area contributed by atoms with Crippen LogP contribution in [-0.2, 0) is 0 Å². The van der Waals surface area contributed by atoms with Crippen LogP contribution in [0.1, 0.15) is 35.4 Å². The van der Waals surface area contributed by atoms with Crippen LogP contribution >= 0.6 is 11.3 Å². The highest BCUT2D eigenvalue weighted by Gasteiger charge is 2.25. The number of thiophene rings is 1. The second-order valence-corrected chi connectivity index (χ2v) is 6.12. The molecule has 2 heterocycles. The topological polar surface area (TPSA) is 107 Å². The van der Waals surface area contributed by atoms with Crippen molar-refractivity contribution in [1.29, 1.82) is 0 Å². The van der Waals surface area contributed by atoms with Crippen molar-refractivity contribution in [3.8, 4) is 0 Å². The number of hydrogen-bond acceptors (Lipinski definition) is 6. The number of aromatic nitrogens is 2. The zero-order valence-corrected chi connectivity index (χ0v) is 11.8. The fourth-order valence-corrected chi connectivity index (χ4v) is 3.56. The molecule has 1 aliphatic rings. The van der Waals surface area contributed by atoms with Crippen LogP contribution in [0.25, 0.3) is 10.2 Å². The van der Waals surface area contributed by atoms with Gasteiger partial charge in [0.2, 0.25) is 0 Å². The van der Waals surface area contributed by atoms with Crippen LogP contribution in [0.5, 0.6) is 0 Å². The van der Waals surface area contributed by atoms with Crippen molar-refractivity contribution in [2.45, 2.75) is 37.8 Å². The smallest absolute Gasteiger partial charge is 0.263 e. The van der Waals surface area contributed by atoms with E-state index in [2.05, 4.69) is 15.5 Å². The third-order valence-corrected chi connectivity index (χ3v) is 4.87. The first-order valence-electron chi connectivity index (χ1n) is 6.73. The summed E-state index contributed by atoms with van der Waals surface area (Å²) in [5.74, 6) is -0.159. The van der Waals surface area contributed by atoms with Gasteiger partial charge in [-0.15, -0.1) is 16.4 Å². The van der Waals surface area contributed by atoms with Crippen LogP contribution in [0, 0.1) is 0 Å². The molecule has 1 saturated carbocycles. The van der Waals surface area contributed by atoms with Crippen LogP contribution < -0.4 is 16.8 Å². The number of nitrogens with zero attached hydrogens (tertiary/aromatic N) is 2. The average Bonchev–Trinajstić information content (AvgIpc) is 2.79. The second kappa shape index (κ2) is 5.34. The van der Waals surface area contributed by atoms with Crippen molar-refractivity contribution in [2.75, 3.05) is 5.73 Å². The second-order valence-electron chi connectivity index (χ2n) is 5.12. The van der Waals surface area contributed by atoms with Gasteiger partial charge >= 0.3 is 0 Å². The maximum atomic E-state index is 12.4. The molecule has 0 saturated heterocycles. The molecule has 106 valence electrons. The molecular weight excluding hydrogens is 274 g/mol. The van der Waals surface area contributed by atoms with E-state index in [1.807, 2.05) is 0 Å². The first kappa shape index (κ1) is 13.3. The Hall–Kier alpha value is -1.73. The minimum Gasteiger partial charge on any atom is -0.397 e. The molecule has 2 aromatic rings. The highest BCUT2D eigenvalue weighted by atomic mass is 32.1. The van der Waals surface area contributed by atoms with Crippen molar-refractivity contribution in [3.63, 3.8) is 0 Å². The molecule has 0 radical (unpaired) electrons. The van der Waals surface area contributed by atoms with Gasteiger partial charge in [0.15, 0.2) is 0 Å². The van der Waals surface area contributed by atoms with Gasteiger partial charge in [-0.05, 0) is 18.9 Å². The summed E-state index contributed by atoms with van der Waals surface area (Å²) < 4.78 is 0. The van der Waals surface area contributed by atoms with Gasteiger partial charge in [-0.2, -0.15) is 5.10 Å². The maximum absolute atomic E-state index is 12.4. The molecule has 20 heavy (non-hydrogen) atoms. The Morgan fingerprint density at radius 3 is 2.95 bits per heavy atom. The van der Waals surface area contributed by atoms with E-state index in [4.69, 9.17) is 11.5 Å². The minimum absolute atomic E-state index is 0.0306. The molecule has 2 unspecified atom stereocenters. The number of nitrogen functional groups attached to an aromatic ring is 1. The fraction of sp³-hybridized carbons (Fsp3) is 0.462. The van der Waals surface area contributed by atoms with Crippen molar-refractivity contribution in [2.24, 2.45) is 5.73 Å². The van der Waals surface area contributed by atoms with Crippen LogP contribution in [-0.4, -0.2) is 28.2 Å². The van der Waals surface area contributed by atoms with E-state index in [1.54, 1.807) is 12.3 Å². The van der Waals surface area contributed by atoms with Crippen molar-refractivity contribution in [3.05, 3.63) is 17.1 Å². The van der Waals surface area contributed by atoms with E-state index >= 15 is 0 Å². The summed E-state index contributed by atoms with van der Waals surface area (Å²) in [6.45, 7) is 0. The Morgan fingerprint density at radius 2 is 2.20 bits per heavy atom. The van der Waals surface area contributed by atoms with Crippen molar-refractivity contribution < 1.29 is 4.79 Å². The number of nitrogens with one attached hydrogen (secondary N) is 1. The monoisotopic (exact) mass is 291 g/mol. The summed E-state index contributed by atoms with van der Waals surface area (Å²) in [6.07, 6.45) is 5.69. The summed E-state index contributed by atoms with van der Waals surface area (Å²) in [7, 11) is 0. The predicted molar refractivity (Wildman–Crippen MR) is 79.5 cm³/mol. The number of nitrogens with two attached hydrogens (primary N) is 2. The average molecular weight is 291 g/mol. The van der Waals surface area contributed by atoms with E-state index in [0.717, 1.165) is 31.1 Å². The van der Waals surface area contributed by atoms with Gasteiger partial charge in [0.25, 0.3) is 5.91 Å². The van der Waals surface area contributed by atoms with E-state index in [0.29, 0.717) is 15.4 Å². The van der Waals surface area contributed by atoms with Gasteiger partial charge in [0, 0.05) is 17.5 Å². The lowest BCUT2D eigenvalue weighted by molar-refractivity contribution is 0.0926. The number of hydrogen-bond donors (Lipinski definition) is 3. The van der Waals surface area contributed by atoms with E-state index in [-0.39, 0.29) is 18.0 Å². The summed E-state index contributed by atoms with van der Waals surface area (Å²) in [5.41, 5.74) is 12.6. The molecule has 2 aromatic heterocycles. The quantitative estimate of drug-likeness (QED) is 0.772. The molecule has 0 spiro atoms. The summed E-state index contributed by atoms with van der Waals surface area (Å²) in [6, 6.07) is 1.84. The van der Waals surface area contributed by atoms with Gasteiger partial charge in [-0.1, -0.05) is 12.8 Å². The number of anilines is 1. The van der Waals surface area contributed by atoms with Gasteiger partial charge < -0.3 is 16.8 Å². The first-order valence-corrected chi connectivity index (χ1v) is 7.54. The normalized spacial score (nSPS) is 22.9. The fourth-order valence-electron chi connectivity index (χ4n) is 2.61. The van der Waals surface area contributed by atoms with Crippen molar-refractivity contribution >= 4 is 33.1 Å². The van der Waals surface area contributed by atoms with Gasteiger partial charge in [0.1, 0.15) is 9.71 Å². The molecule has 0 aromatic carbocycles. The molecule has 1 fully saturated rings. The summed E-state index contributed by atoms with van der Waals surface area (Å²) in [4.78, 5) is 13.5. The molecule has 0 aliphatic heterocycles. The zero-order chi connectivity index (χ0) is 14.1. The van der Waals surface area contributed by atoms with Gasteiger partial charge in [-0.25, -0.2) is 0 Å². The summed E-state index contributed by atoms with van der Waals surface area (Å²) >= 11 is 1.27. The molecule has 5 N–H and O–H groups in total. The Kier molecular flexibility index (Phi) is 3.54. The standard InChI is InChI=1S/C13H17N5OS/c14-8-3-1-2-4-9(8)17-12(19)11-10(15)7-5-6-16-18-13(7)20-11/h5-6,8-9H,1-4,14-15H2,(H,17,19). The van der Waals surface area contributed by atoms with Crippen LogP contribution in [0.2, 0.25) is 0 Å². The zero-order valence-electron chi connectivity index (χ0n) is 11.0. The minimum atomic E-state index is -0.159.